The van der Waals surface area contributed by atoms with Crippen LogP contribution in [0.3, 0.4) is 0 Å². The SMILES string of the molecule is COC[C@@H]1C[C@@H](C(=O)C2CC2C)N(C(=O)CNC(=O)c2ccc(Oc3ccc(F)cc3)cc2)C1. The van der Waals surface area contributed by atoms with Gasteiger partial charge in [0.2, 0.25) is 5.91 Å². The minimum absolute atomic E-state index is 0.0341. The van der Waals surface area contributed by atoms with E-state index in [1.54, 1.807) is 36.3 Å². The van der Waals surface area contributed by atoms with Crippen molar-refractivity contribution >= 4 is 17.6 Å². The van der Waals surface area contributed by atoms with Gasteiger partial charge in [0.05, 0.1) is 19.2 Å². The van der Waals surface area contributed by atoms with Crippen LogP contribution in [0.4, 0.5) is 4.39 Å². The second kappa shape index (κ2) is 10.3. The van der Waals surface area contributed by atoms with Gasteiger partial charge < -0.3 is 19.7 Å². The average Bonchev–Trinajstić information content (AvgIpc) is 3.41. The van der Waals surface area contributed by atoms with Gasteiger partial charge in [-0.3, -0.25) is 14.4 Å². The number of nitrogens with zero attached hydrogens (tertiary/aromatic N) is 1. The van der Waals surface area contributed by atoms with Crippen molar-refractivity contribution in [2.45, 2.75) is 25.8 Å². The molecule has 4 atom stereocenters. The second-order valence-electron chi connectivity index (χ2n) is 9.10. The van der Waals surface area contributed by atoms with Crippen LogP contribution in [-0.4, -0.2) is 55.3 Å². The summed E-state index contributed by atoms with van der Waals surface area (Å²) in [5.74, 6) is 0.608. The molecule has 34 heavy (non-hydrogen) atoms. The lowest BCUT2D eigenvalue weighted by Gasteiger charge is -2.24. The fraction of sp³-hybridized carbons (Fsp3) is 0.423. The lowest BCUT2D eigenvalue weighted by Crippen LogP contribution is -2.46. The largest absolute Gasteiger partial charge is 0.457 e. The summed E-state index contributed by atoms with van der Waals surface area (Å²) in [5.41, 5.74) is 0.373. The molecule has 1 aliphatic carbocycles. The van der Waals surface area contributed by atoms with E-state index >= 15 is 0 Å². The second-order valence-corrected chi connectivity index (χ2v) is 9.10. The van der Waals surface area contributed by atoms with Gasteiger partial charge in [-0.1, -0.05) is 6.92 Å². The molecule has 1 N–H and O–H groups in total. The number of ether oxygens (including phenoxy) is 2. The molecule has 0 aromatic heterocycles. The highest BCUT2D eigenvalue weighted by atomic mass is 19.1. The third-order valence-electron chi connectivity index (χ3n) is 6.48. The lowest BCUT2D eigenvalue weighted by atomic mass is 10.0. The smallest absolute Gasteiger partial charge is 0.251 e. The van der Waals surface area contributed by atoms with E-state index in [0.717, 1.165) is 6.42 Å². The van der Waals surface area contributed by atoms with Gasteiger partial charge in [-0.2, -0.15) is 0 Å². The van der Waals surface area contributed by atoms with Crippen LogP contribution in [0.5, 0.6) is 11.5 Å². The molecule has 4 rings (SSSR count). The lowest BCUT2D eigenvalue weighted by molar-refractivity contribution is -0.137. The number of carbonyl (C=O) groups excluding carboxylic acids is 3. The third kappa shape index (κ3) is 5.62. The number of hydrogen-bond donors (Lipinski definition) is 1. The van der Waals surface area contributed by atoms with Crippen LogP contribution >= 0.6 is 0 Å². The first-order valence-electron chi connectivity index (χ1n) is 11.5. The number of rotatable bonds is 9. The van der Waals surface area contributed by atoms with Crippen LogP contribution < -0.4 is 10.1 Å². The summed E-state index contributed by atoms with van der Waals surface area (Å²) in [5, 5.41) is 2.66. The van der Waals surface area contributed by atoms with Crippen LogP contribution in [0.1, 0.15) is 30.1 Å². The Bertz CT molecular complexity index is 1040. The topological polar surface area (TPSA) is 84.9 Å². The van der Waals surface area contributed by atoms with Crippen LogP contribution in [0, 0.1) is 23.6 Å². The molecule has 0 bridgehead atoms. The Morgan fingerprint density at radius 2 is 1.65 bits per heavy atom. The highest BCUT2D eigenvalue weighted by molar-refractivity contribution is 5.98. The van der Waals surface area contributed by atoms with Gasteiger partial charge in [-0.25, -0.2) is 4.39 Å². The number of amides is 2. The van der Waals surface area contributed by atoms with E-state index < -0.39 is 11.9 Å². The molecule has 8 heteroatoms. The first-order valence-corrected chi connectivity index (χ1v) is 11.5. The van der Waals surface area contributed by atoms with Crippen molar-refractivity contribution in [3.63, 3.8) is 0 Å². The summed E-state index contributed by atoms with van der Waals surface area (Å²) < 4.78 is 23.9. The first kappa shape index (κ1) is 23.9. The van der Waals surface area contributed by atoms with Gasteiger partial charge in [-0.05, 0) is 67.3 Å². The van der Waals surface area contributed by atoms with Crippen LogP contribution in [-0.2, 0) is 14.3 Å². The van der Waals surface area contributed by atoms with Crippen molar-refractivity contribution < 1.29 is 28.2 Å². The monoisotopic (exact) mass is 468 g/mol. The Labute approximate surface area is 198 Å². The minimum Gasteiger partial charge on any atom is -0.457 e. The Kier molecular flexibility index (Phi) is 7.26. The van der Waals surface area contributed by atoms with E-state index in [1.807, 2.05) is 6.92 Å². The molecular weight excluding hydrogens is 439 g/mol. The quantitative estimate of drug-likeness (QED) is 0.610. The number of hydrogen-bond acceptors (Lipinski definition) is 5. The number of carbonyl (C=O) groups is 3. The molecule has 2 fully saturated rings. The number of ketones is 1. The molecule has 0 radical (unpaired) electrons. The van der Waals surface area contributed by atoms with Crippen molar-refractivity contribution in [2.75, 3.05) is 26.8 Å². The maximum atomic E-state index is 13.0. The number of benzene rings is 2. The maximum Gasteiger partial charge on any atom is 0.251 e. The van der Waals surface area contributed by atoms with Gasteiger partial charge in [0, 0.05) is 31.1 Å². The fourth-order valence-electron chi connectivity index (χ4n) is 4.46. The molecule has 2 amide bonds. The Balaban J connectivity index is 1.32. The van der Waals surface area contributed by atoms with Gasteiger partial charge in [0.1, 0.15) is 17.3 Å². The summed E-state index contributed by atoms with van der Waals surface area (Å²) in [4.78, 5) is 40.0. The molecule has 2 aromatic carbocycles. The molecule has 1 aliphatic heterocycles. The Morgan fingerprint density at radius 1 is 1.03 bits per heavy atom. The predicted octanol–water partition coefficient (Wildman–Crippen LogP) is 3.44. The number of methoxy groups -OCH3 is 1. The highest BCUT2D eigenvalue weighted by Gasteiger charge is 2.47. The van der Waals surface area contributed by atoms with Gasteiger partial charge >= 0.3 is 0 Å². The van der Waals surface area contributed by atoms with E-state index in [1.165, 1.54) is 24.3 Å². The van der Waals surface area contributed by atoms with E-state index in [0.29, 0.717) is 42.6 Å². The van der Waals surface area contributed by atoms with Crippen molar-refractivity contribution in [2.24, 2.45) is 17.8 Å². The summed E-state index contributed by atoms with van der Waals surface area (Å²) in [6, 6.07) is 11.6. The van der Waals surface area contributed by atoms with E-state index in [2.05, 4.69) is 5.32 Å². The number of likely N-dealkylation sites (tertiary alicyclic amines) is 1. The number of halogens is 1. The molecule has 1 saturated heterocycles. The van der Waals surface area contributed by atoms with Crippen molar-refractivity contribution in [1.29, 1.82) is 0 Å². The predicted molar refractivity (Wildman–Crippen MR) is 123 cm³/mol. The third-order valence-corrected chi connectivity index (χ3v) is 6.48. The first-order chi connectivity index (χ1) is 16.4. The summed E-state index contributed by atoms with van der Waals surface area (Å²) in [6.45, 7) is 2.81. The molecule has 1 saturated carbocycles. The standard InChI is InChI=1S/C26H29FN2O5/c1-16-11-22(16)25(31)23-12-17(15-33-2)14-29(23)24(30)13-28-26(32)18-3-7-20(8-4-18)34-21-9-5-19(27)6-10-21/h3-10,16-17,22-23H,11-15H2,1-2H3,(H,28,32)/t16?,17-,22?,23+/m1/s1. The molecule has 180 valence electrons. The van der Waals surface area contributed by atoms with Crippen molar-refractivity contribution in [3.05, 3.63) is 59.9 Å². The zero-order valence-corrected chi connectivity index (χ0v) is 19.3. The van der Waals surface area contributed by atoms with Crippen LogP contribution in [0.2, 0.25) is 0 Å². The molecule has 2 aliphatic rings. The van der Waals surface area contributed by atoms with Gasteiger partial charge in [0.15, 0.2) is 5.78 Å². The van der Waals surface area contributed by atoms with Gasteiger partial charge in [-0.15, -0.1) is 0 Å². The molecule has 1 heterocycles. The summed E-state index contributed by atoms with van der Waals surface area (Å²) in [6.07, 6.45) is 1.48. The highest BCUT2D eigenvalue weighted by Crippen LogP contribution is 2.41. The number of nitrogens with one attached hydrogen (secondary N) is 1. The summed E-state index contributed by atoms with van der Waals surface area (Å²) >= 11 is 0. The normalized spacial score (nSPS) is 23.4. The van der Waals surface area contributed by atoms with Crippen LogP contribution in [0.25, 0.3) is 0 Å². The van der Waals surface area contributed by atoms with Crippen molar-refractivity contribution in [1.82, 2.24) is 10.2 Å². The van der Waals surface area contributed by atoms with E-state index in [-0.39, 0.29) is 35.9 Å². The zero-order chi connectivity index (χ0) is 24.2. The molecule has 7 nitrogen and oxygen atoms in total. The molecule has 0 spiro atoms. The zero-order valence-electron chi connectivity index (χ0n) is 19.3. The Hall–Kier alpha value is -3.26. The molecule has 2 aromatic rings. The average molecular weight is 469 g/mol. The molecular formula is C26H29FN2O5. The van der Waals surface area contributed by atoms with Crippen molar-refractivity contribution in [3.8, 4) is 11.5 Å². The maximum absolute atomic E-state index is 13.0. The minimum atomic E-state index is -0.442. The number of Topliss-reactive ketones (excluding diaryl/α,β-unsaturated/α-hetero) is 1. The van der Waals surface area contributed by atoms with Crippen LogP contribution in [0.15, 0.2) is 48.5 Å². The van der Waals surface area contributed by atoms with Gasteiger partial charge in [0.25, 0.3) is 5.91 Å². The van der Waals surface area contributed by atoms with E-state index in [9.17, 15) is 18.8 Å². The molecule has 2 unspecified atom stereocenters. The van der Waals surface area contributed by atoms with E-state index in [4.69, 9.17) is 9.47 Å². The summed E-state index contributed by atoms with van der Waals surface area (Å²) in [7, 11) is 1.61. The fourth-order valence-corrected chi connectivity index (χ4v) is 4.46. The Morgan fingerprint density at radius 3 is 2.24 bits per heavy atom.